The molecular weight excluding hydrogens is 188 g/mol. The number of anilines is 1. The second-order valence-corrected chi connectivity index (χ2v) is 2.81. The van der Waals surface area contributed by atoms with Crippen LogP contribution in [0.4, 0.5) is 5.69 Å². The molecule has 0 spiro atoms. The van der Waals surface area contributed by atoms with Gasteiger partial charge in [0.2, 0.25) is 0 Å². The fourth-order valence-electron chi connectivity index (χ4n) is 1.31. The summed E-state index contributed by atoms with van der Waals surface area (Å²) in [5.41, 5.74) is 7.71. The van der Waals surface area contributed by atoms with E-state index in [0.717, 1.165) is 30.2 Å². The molecule has 3 nitrogen and oxygen atoms in total. The third-order valence-electron chi connectivity index (χ3n) is 1.95. The Morgan fingerprint density at radius 1 is 1.46 bits per heavy atom. The van der Waals surface area contributed by atoms with Gasteiger partial charge in [-0.3, -0.25) is 0 Å². The van der Waals surface area contributed by atoms with E-state index >= 15 is 0 Å². The SMILES string of the molecule is Cl.NCc1ccc2c(c1)NCCO2. The molecule has 0 atom stereocenters. The molecule has 0 aliphatic carbocycles. The van der Waals surface area contributed by atoms with Gasteiger partial charge in [0.05, 0.1) is 5.69 Å². The van der Waals surface area contributed by atoms with Crippen LogP contribution in [0.15, 0.2) is 18.2 Å². The van der Waals surface area contributed by atoms with Crippen LogP contribution in [0, 0.1) is 0 Å². The maximum absolute atomic E-state index is 5.51. The molecule has 0 radical (unpaired) electrons. The van der Waals surface area contributed by atoms with Crippen molar-refractivity contribution >= 4 is 18.1 Å². The second-order valence-electron chi connectivity index (χ2n) is 2.81. The largest absolute Gasteiger partial charge is 0.490 e. The van der Waals surface area contributed by atoms with Gasteiger partial charge < -0.3 is 15.8 Å². The molecule has 72 valence electrons. The van der Waals surface area contributed by atoms with E-state index in [4.69, 9.17) is 10.5 Å². The molecule has 4 heteroatoms. The molecule has 13 heavy (non-hydrogen) atoms. The molecule has 0 bridgehead atoms. The number of fused-ring (bicyclic) bond motifs is 1. The van der Waals surface area contributed by atoms with Crippen LogP contribution in [0.3, 0.4) is 0 Å². The fourth-order valence-corrected chi connectivity index (χ4v) is 1.31. The third-order valence-corrected chi connectivity index (χ3v) is 1.95. The minimum Gasteiger partial charge on any atom is -0.490 e. The van der Waals surface area contributed by atoms with Crippen LogP contribution in [0.5, 0.6) is 5.75 Å². The molecule has 1 aromatic rings. The van der Waals surface area contributed by atoms with Crippen LogP contribution >= 0.6 is 12.4 Å². The lowest BCUT2D eigenvalue weighted by atomic mass is 10.2. The third kappa shape index (κ3) is 2.05. The summed E-state index contributed by atoms with van der Waals surface area (Å²) in [5.74, 6) is 0.929. The molecule has 0 fully saturated rings. The van der Waals surface area contributed by atoms with Gasteiger partial charge in [-0.1, -0.05) is 6.07 Å². The summed E-state index contributed by atoms with van der Waals surface area (Å²) >= 11 is 0. The standard InChI is InChI=1S/C9H12N2O.ClH/c10-6-7-1-2-9-8(5-7)11-3-4-12-9;/h1-2,5,11H,3-4,6,10H2;1H. The lowest BCUT2D eigenvalue weighted by Gasteiger charge is -2.19. The number of benzene rings is 1. The molecule has 1 aromatic carbocycles. The Kier molecular flexibility index (Phi) is 3.39. The molecule has 0 unspecified atom stereocenters. The van der Waals surface area contributed by atoms with Crippen molar-refractivity contribution in [2.75, 3.05) is 18.5 Å². The van der Waals surface area contributed by atoms with Gasteiger partial charge in [-0.05, 0) is 17.7 Å². The first-order valence-corrected chi connectivity index (χ1v) is 4.10. The Hall–Kier alpha value is -0.930. The average molecular weight is 201 g/mol. The number of nitrogens with two attached hydrogens (primary N) is 1. The molecule has 0 amide bonds. The van der Waals surface area contributed by atoms with Gasteiger partial charge in [0.15, 0.2) is 0 Å². The van der Waals surface area contributed by atoms with E-state index in [-0.39, 0.29) is 12.4 Å². The van der Waals surface area contributed by atoms with Gasteiger partial charge in [0.25, 0.3) is 0 Å². The molecule has 0 aromatic heterocycles. The number of halogens is 1. The van der Waals surface area contributed by atoms with Crippen molar-refractivity contribution in [2.45, 2.75) is 6.54 Å². The molecule has 0 saturated carbocycles. The quantitative estimate of drug-likeness (QED) is 0.720. The summed E-state index contributed by atoms with van der Waals surface area (Å²) in [4.78, 5) is 0. The maximum atomic E-state index is 5.51. The van der Waals surface area contributed by atoms with Crippen molar-refractivity contribution in [3.63, 3.8) is 0 Å². The summed E-state index contributed by atoms with van der Waals surface area (Å²) in [6.07, 6.45) is 0. The number of hydrogen-bond donors (Lipinski definition) is 2. The second kappa shape index (κ2) is 4.35. The topological polar surface area (TPSA) is 47.3 Å². The fraction of sp³-hybridized carbons (Fsp3) is 0.333. The van der Waals surface area contributed by atoms with E-state index in [1.165, 1.54) is 0 Å². The predicted octanol–water partition coefficient (Wildman–Crippen LogP) is 1.37. The van der Waals surface area contributed by atoms with E-state index in [1.54, 1.807) is 0 Å². The Morgan fingerprint density at radius 3 is 3.08 bits per heavy atom. The maximum Gasteiger partial charge on any atom is 0.142 e. The Bertz CT molecular complexity index is 291. The Labute approximate surface area is 83.7 Å². The van der Waals surface area contributed by atoms with Crippen LogP contribution in [-0.4, -0.2) is 13.2 Å². The van der Waals surface area contributed by atoms with E-state index in [1.807, 2.05) is 18.2 Å². The van der Waals surface area contributed by atoms with E-state index in [9.17, 15) is 0 Å². The van der Waals surface area contributed by atoms with E-state index in [2.05, 4.69) is 5.32 Å². The zero-order valence-corrected chi connectivity index (χ0v) is 8.06. The Balaban J connectivity index is 0.000000845. The van der Waals surface area contributed by atoms with Crippen molar-refractivity contribution in [1.29, 1.82) is 0 Å². The summed E-state index contributed by atoms with van der Waals surface area (Å²) < 4.78 is 5.42. The van der Waals surface area contributed by atoms with Gasteiger partial charge >= 0.3 is 0 Å². The van der Waals surface area contributed by atoms with Crippen LogP contribution in [-0.2, 0) is 6.54 Å². The van der Waals surface area contributed by atoms with E-state index in [0.29, 0.717) is 6.54 Å². The highest BCUT2D eigenvalue weighted by atomic mass is 35.5. The normalized spacial score (nSPS) is 13.3. The van der Waals surface area contributed by atoms with Gasteiger partial charge in [-0.15, -0.1) is 12.4 Å². The highest BCUT2D eigenvalue weighted by Gasteiger charge is 2.08. The number of hydrogen-bond acceptors (Lipinski definition) is 3. The van der Waals surface area contributed by atoms with Crippen molar-refractivity contribution < 1.29 is 4.74 Å². The highest BCUT2D eigenvalue weighted by molar-refractivity contribution is 5.85. The first-order chi connectivity index (χ1) is 5.90. The molecule has 1 aliphatic heterocycles. The van der Waals surface area contributed by atoms with Crippen molar-refractivity contribution in [3.05, 3.63) is 23.8 Å². The Morgan fingerprint density at radius 2 is 2.31 bits per heavy atom. The van der Waals surface area contributed by atoms with Crippen LogP contribution in [0.1, 0.15) is 5.56 Å². The summed E-state index contributed by atoms with van der Waals surface area (Å²) in [6, 6.07) is 5.99. The van der Waals surface area contributed by atoms with Gasteiger partial charge in [-0.2, -0.15) is 0 Å². The lowest BCUT2D eigenvalue weighted by Crippen LogP contribution is -2.18. The number of ether oxygens (including phenoxy) is 1. The van der Waals surface area contributed by atoms with Crippen LogP contribution in [0.25, 0.3) is 0 Å². The molecular formula is C9H13ClN2O. The molecule has 1 heterocycles. The zero-order chi connectivity index (χ0) is 8.39. The van der Waals surface area contributed by atoms with Gasteiger partial charge in [-0.25, -0.2) is 0 Å². The average Bonchev–Trinajstić information content (AvgIpc) is 2.17. The zero-order valence-electron chi connectivity index (χ0n) is 7.25. The van der Waals surface area contributed by atoms with Crippen LogP contribution in [0.2, 0.25) is 0 Å². The summed E-state index contributed by atoms with van der Waals surface area (Å²) in [7, 11) is 0. The lowest BCUT2D eigenvalue weighted by molar-refractivity contribution is 0.323. The predicted molar refractivity (Wildman–Crippen MR) is 55.6 cm³/mol. The molecule has 3 N–H and O–H groups in total. The first-order valence-electron chi connectivity index (χ1n) is 4.10. The van der Waals surface area contributed by atoms with Gasteiger partial charge in [0.1, 0.15) is 12.4 Å². The van der Waals surface area contributed by atoms with Gasteiger partial charge in [0, 0.05) is 13.1 Å². The number of rotatable bonds is 1. The summed E-state index contributed by atoms with van der Waals surface area (Å²) in [6.45, 7) is 2.20. The highest BCUT2D eigenvalue weighted by Crippen LogP contribution is 2.27. The molecule has 0 saturated heterocycles. The minimum absolute atomic E-state index is 0. The molecule has 1 aliphatic rings. The summed E-state index contributed by atoms with van der Waals surface area (Å²) in [5, 5.41) is 3.26. The minimum atomic E-state index is 0. The monoisotopic (exact) mass is 200 g/mol. The van der Waals surface area contributed by atoms with E-state index < -0.39 is 0 Å². The van der Waals surface area contributed by atoms with Crippen molar-refractivity contribution in [3.8, 4) is 5.75 Å². The van der Waals surface area contributed by atoms with Crippen molar-refractivity contribution in [2.24, 2.45) is 5.73 Å². The first kappa shape index (κ1) is 10.2. The molecule has 2 rings (SSSR count). The smallest absolute Gasteiger partial charge is 0.142 e. The number of nitrogens with one attached hydrogen (secondary N) is 1. The van der Waals surface area contributed by atoms with Crippen LogP contribution < -0.4 is 15.8 Å². The van der Waals surface area contributed by atoms with Crippen molar-refractivity contribution in [1.82, 2.24) is 0 Å².